The van der Waals surface area contributed by atoms with Gasteiger partial charge in [-0.1, -0.05) is 11.6 Å². The van der Waals surface area contributed by atoms with Crippen LogP contribution in [0.5, 0.6) is 0 Å². The van der Waals surface area contributed by atoms with Crippen molar-refractivity contribution in [2.24, 2.45) is 0 Å². The highest BCUT2D eigenvalue weighted by molar-refractivity contribution is 6.31. The molecule has 2 nitrogen and oxygen atoms in total. The van der Waals surface area contributed by atoms with Gasteiger partial charge in [0, 0.05) is 6.08 Å². The number of hydrogen-bond acceptors (Lipinski definition) is 2. The largest absolute Gasteiger partial charge is 0.506 e. The average molecular weight is 167 g/mol. The molecule has 0 saturated heterocycles. The molecular formula is C5H4Cl2O2. The Balaban J connectivity index is 2.83. The van der Waals surface area contributed by atoms with Crippen LogP contribution in [0.15, 0.2) is 22.1 Å². The summed E-state index contributed by atoms with van der Waals surface area (Å²) in [4.78, 5) is 0. The van der Waals surface area contributed by atoms with Gasteiger partial charge in [0.25, 0.3) is 0 Å². The first kappa shape index (κ1) is 6.78. The highest BCUT2D eigenvalue weighted by atomic mass is 35.5. The maximum Gasteiger partial charge on any atom is 0.190 e. The molecule has 0 fully saturated rings. The Morgan fingerprint density at radius 1 is 1.56 bits per heavy atom. The minimum absolute atomic E-state index is 0.0204. The SMILES string of the molecule is OC1=C(Cl)COC(Cl)=C1. The number of allylic oxidation sites excluding steroid dienone is 1. The summed E-state index contributed by atoms with van der Waals surface area (Å²) >= 11 is 10.8. The molecule has 0 amide bonds. The molecule has 0 bridgehead atoms. The second-order valence-electron chi connectivity index (χ2n) is 1.53. The maximum absolute atomic E-state index is 8.85. The number of rotatable bonds is 0. The van der Waals surface area contributed by atoms with Gasteiger partial charge in [-0.3, -0.25) is 0 Å². The Morgan fingerprint density at radius 2 is 2.22 bits per heavy atom. The molecule has 0 aromatic carbocycles. The van der Waals surface area contributed by atoms with Gasteiger partial charge in [0.1, 0.15) is 12.4 Å². The summed E-state index contributed by atoms with van der Waals surface area (Å²) in [6.45, 7) is 0.155. The lowest BCUT2D eigenvalue weighted by Gasteiger charge is -2.09. The van der Waals surface area contributed by atoms with Gasteiger partial charge in [-0.05, 0) is 11.6 Å². The molecule has 0 unspecified atom stereocenters. The average Bonchev–Trinajstić information content (AvgIpc) is 1.80. The van der Waals surface area contributed by atoms with Crippen LogP contribution in [0.3, 0.4) is 0 Å². The van der Waals surface area contributed by atoms with Crippen LogP contribution in [-0.4, -0.2) is 11.7 Å². The summed E-state index contributed by atoms with van der Waals surface area (Å²) in [5.74, 6) is -0.0204. The zero-order chi connectivity index (χ0) is 6.85. The smallest absolute Gasteiger partial charge is 0.190 e. The molecule has 0 atom stereocenters. The maximum atomic E-state index is 8.85. The third-order valence-electron chi connectivity index (χ3n) is 0.865. The van der Waals surface area contributed by atoms with Gasteiger partial charge in [-0.2, -0.15) is 0 Å². The van der Waals surface area contributed by atoms with Gasteiger partial charge in [-0.25, -0.2) is 0 Å². The van der Waals surface area contributed by atoms with Crippen molar-refractivity contribution in [2.75, 3.05) is 6.61 Å². The highest BCUT2D eigenvalue weighted by Gasteiger charge is 2.08. The molecule has 0 aromatic heterocycles. The van der Waals surface area contributed by atoms with Crippen molar-refractivity contribution in [1.29, 1.82) is 0 Å². The molecule has 1 rings (SSSR count). The molecule has 1 aliphatic rings. The number of aliphatic hydroxyl groups is 1. The summed E-state index contributed by atoms with van der Waals surface area (Å²) in [7, 11) is 0. The molecule has 4 heteroatoms. The molecule has 0 radical (unpaired) electrons. The Morgan fingerprint density at radius 3 is 2.67 bits per heavy atom. The summed E-state index contributed by atoms with van der Waals surface area (Å²) in [5.41, 5.74) is 0. The van der Waals surface area contributed by atoms with E-state index in [-0.39, 0.29) is 22.6 Å². The lowest BCUT2D eigenvalue weighted by atomic mass is 10.4. The standard InChI is InChI=1S/C5H4Cl2O2/c6-3-2-9-5(7)1-4(3)8/h1,8H,2H2. The number of hydrogen-bond donors (Lipinski definition) is 1. The van der Waals surface area contributed by atoms with Crippen molar-refractivity contribution in [2.45, 2.75) is 0 Å². The summed E-state index contributed by atoms with van der Waals surface area (Å²) < 4.78 is 4.74. The van der Waals surface area contributed by atoms with Crippen LogP contribution in [0.2, 0.25) is 0 Å². The van der Waals surface area contributed by atoms with Gasteiger partial charge in [0.2, 0.25) is 0 Å². The van der Waals surface area contributed by atoms with Crippen LogP contribution in [0.25, 0.3) is 0 Å². The van der Waals surface area contributed by atoms with Crippen LogP contribution in [0, 0.1) is 0 Å². The first-order valence-corrected chi connectivity index (χ1v) is 3.03. The fourth-order valence-corrected chi connectivity index (χ4v) is 0.701. The molecule has 1 heterocycles. The quantitative estimate of drug-likeness (QED) is 0.598. The van der Waals surface area contributed by atoms with E-state index < -0.39 is 0 Å². The lowest BCUT2D eigenvalue weighted by molar-refractivity contribution is 0.253. The van der Waals surface area contributed by atoms with Crippen LogP contribution in [0.1, 0.15) is 0 Å². The topological polar surface area (TPSA) is 29.5 Å². The molecule has 0 spiro atoms. The first-order chi connectivity index (χ1) is 4.20. The minimum atomic E-state index is -0.0204. The fraction of sp³-hybridized carbons (Fsp3) is 0.200. The Bertz CT molecular complexity index is 183. The zero-order valence-corrected chi connectivity index (χ0v) is 5.91. The van der Waals surface area contributed by atoms with Crippen molar-refractivity contribution >= 4 is 23.2 Å². The van der Waals surface area contributed by atoms with Crippen LogP contribution < -0.4 is 0 Å². The molecular weight excluding hydrogens is 163 g/mol. The van der Waals surface area contributed by atoms with Gasteiger partial charge >= 0.3 is 0 Å². The molecule has 1 aliphatic heterocycles. The molecule has 0 saturated carbocycles. The second kappa shape index (κ2) is 2.50. The van der Waals surface area contributed by atoms with Crippen molar-refractivity contribution < 1.29 is 9.84 Å². The van der Waals surface area contributed by atoms with Crippen LogP contribution in [-0.2, 0) is 4.74 Å². The molecule has 1 N–H and O–H groups in total. The number of ether oxygens (including phenoxy) is 1. The van der Waals surface area contributed by atoms with Crippen molar-refractivity contribution in [3.05, 3.63) is 22.1 Å². The van der Waals surface area contributed by atoms with Gasteiger partial charge in [0.05, 0.1) is 5.03 Å². The molecule has 0 aliphatic carbocycles. The van der Waals surface area contributed by atoms with E-state index in [1.54, 1.807) is 0 Å². The zero-order valence-electron chi connectivity index (χ0n) is 4.40. The molecule has 0 aromatic rings. The van der Waals surface area contributed by atoms with E-state index >= 15 is 0 Å². The minimum Gasteiger partial charge on any atom is -0.506 e. The van der Waals surface area contributed by atoms with Gasteiger partial charge in [-0.15, -0.1) is 0 Å². The van der Waals surface area contributed by atoms with Crippen molar-refractivity contribution in [3.8, 4) is 0 Å². The Labute approximate surface area is 62.3 Å². The van der Waals surface area contributed by atoms with Crippen LogP contribution >= 0.6 is 23.2 Å². The van der Waals surface area contributed by atoms with E-state index in [1.165, 1.54) is 6.08 Å². The van der Waals surface area contributed by atoms with Crippen molar-refractivity contribution in [3.63, 3.8) is 0 Å². The predicted octanol–water partition coefficient (Wildman–Crippen LogP) is 2.11. The fourth-order valence-electron chi connectivity index (χ4n) is 0.434. The van der Waals surface area contributed by atoms with E-state index in [1.807, 2.05) is 0 Å². The monoisotopic (exact) mass is 166 g/mol. The van der Waals surface area contributed by atoms with Gasteiger partial charge < -0.3 is 9.84 Å². The van der Waals surface area contributed by atoms with Crippen LogP contribution in [0.4, 0.5) is 0 Å². The Kier molecular flexibility index (Phi) is 1.88. The third kappa shape index (κ3) is 1.53. The summed E-state index contributed by atoms with van der Waals surface area (Å²) in [5, 5.41) is 9.30. The van der Waals surface area contributed by atoms with Gasteiger partial charge in [0.15, 0.2) is 5.22 Å². The van der Waals surface area contributed by atoms with E-state index in [0.717, 1.165) is 0 Å². The summed E-state index contributed by atoms with van der Waals surface area (Å²) in [6.07, 6.45) is 1.26. The predicted molar refractivity (Wildman–Crippen MR) is 35.4 cm³/mol. The van der Waals surface area contributed by atoms with E-state index in [2.05, 4.69) is 0 Å². The molecule has 50 valence electrons. The van der Waals surface area contributed by atoms with E-state index in [4.69, 9.17) is 33.0 Å². The summed E-state index contributed by atoms with van der Waals surface area (Å²) in [6, 6.07) is 0. The highest BCUT2D eigenvalue weighted by Crippen LogP contribution is 2.19. The van der Waals surface area contributed by atoms with E-state index in [0.29, 0.717) is 0 Å². The first-order valence-electron chi connectivity index (χ1n) is 2.28. The normalized spacial score (nSPS) is 19.1. The molecule has 9 heavy (non-hydrogen) atoms. The van der Waals surface area contributed by atoms with E-state index in [9.17, 15) is 0 Å². The second-order valence-corrected chi connectivity index (χ2v) is 2.36. The number of halogens is 2. The van der Waals surface area contributed by atoms with Crippen molar-refractivity contribution in [1.82, 2.24) is 0 Å². The lowest BCUT2D eigenvalue weighted by Crippen LogP contribution is -1.99. The third-order valence-corrected chi connectivity index (χ3v) is 1.39. The number of aliphatic hydroxyl groups excluding tert-OH is 1. The Hall–Kier alpha value is -0.340.